The molecule has 2 amide bonds. The molecule has 0 radical (unpaired) electrons. The predicted molar refractivity (Wildman–Crippen MR) is 184 cm³/mol. The Morgan fingerprint density at radius 2 is 1.49 bits per heavy atom. The molecular weight excluding hydrogens is 614 g/mol. The van der Waals surface area contributed by atoms with Gasteiger partial charge in [-0.2, -0.15) is 0 Å². The zero-order valence-electron chi connectivity index (χ0n) is 27.6. The maximum Gasteiger partial charge on any atom is 0.264 e. The topological polar surface area (TPSA) is 105 Å². The molecule has 0 bridgehead atoms. The van der Waals surface area contributed by atoms with Crippen LogP contribution in [0.2, 0.25) is 0 Å². The van der Waals surface area contributed by atoms with Crippen molar-refractivity contribution in [3.63, 3.8) is 0 Å². The van der Waals surface area contributed by atoms with E-state index in [1.807, 2.05) is 75.4 Å². The third-order valence-corrected chi connectivity index (χ3v) is 9.74. The van der Waals surface area contributed by atoms with E-state index in [9.17, 15) is 18.0 Å². The summed E-state index contributed by atoms with van der Waals surface area (Å²) in [6.45, 7) is 5.82. The van der Waals surface area contributed by atoms with Gasteiger partial charge in [-0.05, 0) is 61.2 Å². The minimum absolute atomic E-state index is 0.0736. The van der Waals surface area contributed by atoms with Gasteiger partial charge in [-0.1, -0.05) is 79.2 Å². The summed E-state index contributed by atoms with van der Waals surface area (Å²) in [6, 6.07) is 27.5. The van der Waals surface area contributed by atoms with Crippen molar-refractivity contribution in [2.45, 2.75) is 51.1 Å². The van der Waals surface area contributed by atoms with Gasteiger partial charge in [-0.25, -0.2) is 8.42 Å². The van der Waals surface area contributed by atoms with E-state index in [0.29, 0.717) is 18.0 Å². The molecule has 1 N–H and O–H groups in total. The molecule has 4 aromatic rings. The molecule has 0 aliphatic rings. The van der Waals surface area contributed by atoms with Crippen molar-refractivity contribution in [1.82, 2.24) is 10.2 Å². The maximum absolute atomic E-state index is 14.6. The lowest BCUT2D eigenvalue weighted by Crippen LogP contribution is -2.53. The first-order valence-electron chi connectivity index (χ1n) is 15.6. The lowest BCUT2D eigenvalue weighted by atomic mass is 10.0. The van der Waals surface area contributed by atoms with Gasteiger partial charge in [0.2, 0.25) is 11.8 Å². The molecule has 4 rings (SSSR count). The van der Waals surface area contributed by atoms with Crippen molar-refractivity contribution in [3.05, 3.63) is 119 Å². The average Bonchev–Trinajstić information content (AvgIpc) is 3.08. The molecule has 0 saturated carbocycles. The van der Waals surface area contributed by atoms with Crippen molar-refractivity contribution in [3.8, 4) is 11.5 Å². The van der Waals surface area contributed by atoms with E-state index in [4.69, 9.17) is 9.47 Å². The average molecular weight is 658 g/mol. The number of rotatable bonds is 15. The van der Waals surface area contributed by atoms with E-state index in [0.717, 1.165) is 33.0 Å². The summed E-state index contributed by atoms with van der Waals surface area (Å²) in [5.74, 6) is -0.219. The Hall–Kier alpha value is -4.83. The van der Waals surface area contributed by atoms with Crippen molar-refractivity contribution < 1.29 is 27.5 Å². The highest BCUT2D eigenvalue weighted by atomic mass is 32.2. The molecule has 0 aromatic heterocycles. The molecule has 1 unspecified atom stereocenters. The fourth-order valence-electron chi connectivity index (χ4n) is 5.23. The van der Waals surface area contributed by atoms with Gasteiger partial charge in [0.15, 0.2) is 11.5 Å². The number of carbonyl (C=O) groups is 2. The second kappa shape index (κ2) is 16.1. The Morgan fingerprint density at radius 1 is 0.830 bits per heavy atom. The Kier molecular flexibility index (Phi) is 12.0. The molecule has 10 heteroatoms. The van der Waals surface area contributed by atoms with Gasteiger partial charge in [0.05, 0.1) is 24.8 Å². The highest BCUT2D eigenvalue weighted by Crippen LogP contribution is 2.32. The van der Waals surface area contributed by atoms with E-state index in [-0.39, 0.29) is 29.5 Å². The first-order valence-corrected chi connectivity index (χ1v) is 17.0. The molecule has 9 nitrogen and oxygen atoms in total. The van der Waals surface area contributed by atoms with E-state index in [1.165, 1.54) is 37.3 Å². The molecule has 4 aromatic carbocycles. The van der Waals surface area contributed by atoms with Gasteiger partial charge in [0, 0.05) is 25.6 Å². The fourth-order valence-corrected chi connectivity index (χ4v) is 6.67. The number of benzene rings is 4. The van der Waals surface area contributed by atoms with Crippen molar-refractivity contribution in [2.75, 3.05) is 31.6 Å². The third kappa shape index (κ3) is 8.71. The van der Waals surface area contributed by atoms with Crippen LogP contribution in [0.4, 0.5) is 5.69 Å². The quantitative estimate of drug-likeness (QED) is 0.176. The van der Waals surface area contributed by atoms with Crippen LogP contribution in [0.1, 0.15) is 35.6 Å². The summed E-state index contributed by atoms with van der Waals surface area (Å²) in [5, 5.41) is 2.97. The molecule has 0 fully saturated rings. The molecule has 0 aliphatic carbocycles. The monoisotopic (exact) mass is 657 g/mol. The third-order valence-electron chi connectivity index (χ3n) is 7.97. The Bertz CT molecular complexity index is 1760. The van der Waals surface area contributed by atoms with Crippen molar-refractivity contribution in [1.29, 1.82) is 0 Å². The lowest BCUT2D eigenvalue weighted by molar-refractivity contribution is -0.140. The minimum atomic E-state index is -4.30. The zero-order chi connectivity index (χ0) is 34.0. The number of anilines is 1. The number of hydrogen-bond donors (Lipinski definition) is 1. The Morgan fingerprint density at radius 3 is 2.13 bits per heavy atom. The molecule has 1 atom stereocenters. The lowest BCUT2D eigenvalue weighted by Gasteiger charge is -2.34. The van der Waals surface area contributed by atoms with E-state index < -0.39 is 28.5 Å². The summed E-state index contributed by atoms with van der Waals surface area (Å²) in [5.41, 5.74) is 3.92. The second-order valence-corrected chi connectivity index (χ2v) is 13.2. The zero-order valence-corrected chi connectivity index (χ0v) is 28.4. The molecule has 0 saturated heterocycles. The SMILES string of the molecule is CCCNC(=O)C(Cc1ccccc1)N(Cc1ccccc1C)C(=O)CN(c1ccc(C)cc1)S(=O)(=O)c1ccc(OC)c(OC)c1. The number of amides is 2. The van der Waals surface area contributed by atoms with Crippen LogP contribution < -0.4 is 19.1 Å². The standard InChI is InChI=1S/C37H43N3O6S/c1-6-22-38-37(42)33(23-29-13-8-7-9-14-29)39(25-30-15-11-10-12-28(30)3)36(41)26-40(31-18-16-27(2)17-19-31)47(43,44)32-20-21-34(45-4)35(24-32)46-5/h7-21,24,33H,6,22-23,25-26H2,1-5H3,(H,38,42). The highest BCUT2D eigenvalue weighted by Gasteiger charge is 2.35. The molecule has 248 valence electrons. The first-order chi connectivity index (χ1) is 22.6. The number of aryl methyl sites for hydroxylation is 2. The summed E-state index contributed by atoms with van der Waals surface area (Å²) in [6.07, 6.45) is 0.973. The van der Waals surface area contributed by atoms with Crippen LogP contribution in [-0.4, -0.2) is 58.5 Å². The normalized spacial score (nSPS) is 11.8. The Balaban J connectivity index is 1.82. The van der Waals surface area contributed by atoms with Crippen LogP contribution in [0.25, 0.3) is 0 Å². The van der Waals surface area contributed by atoms with Gasteiger partial charge in [0.25, 0.3) is 10.0 Å². The van der Waals surface area contributed by atoms with Gasteiger partial charge >= 0.3 is 0 Å². The van der Waals surface area contributed by atoms with E-state index >= 15 is 0 Å². The number of nitrogens with zero attached hydrogens (tertiary/aromatic N) is 2. The second-order valence-electron chi connectivity index (χ2n) is 11.3. The van der Waals surface area contributed by atoms with Gasteiger partial charge in [0.1, 0.15) is 12.6 Å². The van der Waals surface area contributed by atoms with Crippen LogP contribution in [0.5, 0.6) is 11.5 Å². The van der Waals surface area contributed by atoms with Gasteiger partial charge in [-0.3, -0.25) is 13.9 Å². The smallest absolute Gasteiger partial charge is 0.264 e. The summed E-state index contributed by atoms with van der Waals surface area (Å²) in [7, 11) is -1.41. The van der Waals surface area contributed by atoms with Crippen LogP contribution in [0, 0.1) is 13.8 Å². The largest absolute Gasteiger partial charge is 0.493 e. The van der Waals surface area contributed by atoms with Crippen LogP contribution >= 0.6 is 0 Å². The molecular formula is C37H43N3O6S. The van der Waals surface area contributed by atoms with Crippen LogP contribution in [-0.2, 0) is 32.6 Å². The predicted octanol–water partition coefficient (Wildman–Crippen LogP) is 5.68. The molecule has 47 heavy (non-hydrogen) atoms. The number of ether oxygens (including phenoxy) is 2. The summed E-state index contributed by atoms with van der Waals surface area (Å²) >= 11 is 0. The maximum atomic E-state index is 14.6. The first kappa shape index (κ1) is 35.0. The highest BCUT2D eigenvalue weighted by molar-refractivity contribution is 7.92. The van der Waals surface area contributed by atoms with E-state index in [1.54, 1.807) is 24.3 Å². The summed E-state index contributed by atoms with van der Waals surface area (Å²) in [4.78, 5) is 29.9. The van der Waals surface area contributed by atoms with Crippen LogP contribution in [0.3, 0.4) is 0 Å². The number of nitrogens with one attached hydrogen (secondary N) is 1. The van der Waals surface area contributed by atoms with Gasteiger partial charge < -0.3 is 19.7 Å². The van der Waals surface area contributed by atoms with Crippen LogP contribution in [0.15, 0.2) is 102 Å². The van der Waals surface area contributed by atoms with Crippen molar-refractivity contribution >= 4 is 27.5 Å². The number of sulfonamides is 1. The molecule has 0 heterocycles. The molecule has 0 aliphatic heterocycles. The number of carbonyl (C=O) groups excluding carboxylic acids is 2. The fraction of sp³-hybridized carbons (Fsp3) is 0.297. The van der Waals surface area contributed by atoms with Gasteiger partial charge in [-0.15, -0.1) is 0 Å². The minimum Gasteiger partial charge on any atom is -0.493 e. The molecule has 0 spiro atoms. The number of methoxy groups -OCH3 is 2. The summed E-state index contributed by atoms with van der Waals surface area (Å²) < 4.78 is 40.5. The number of hydrogen-bond acceptors (Lipinski definition) is 6. The Labute approximate surface area is 278 Å². The van der Waals surface area contributed by atoms with Crippen molar-refractivity contribution in [2.24, 2.45) is 0 Å². The van der Waals surface area contributed by atoms with E-state index in [2.05, 4.69) is 5.32 Å².